The number of aromatic nitrogens is 3. The van der Waals surface area contributed by atoms with Crippen molar-refractivity contribution in [2.45, 2.75) is 50.7 Å². The highest BCUT2D eigenvalue weighted by Gasteiger charge is 2.31. The average molecular weight is 278 g/mol. The van der Waals surface area contributed by atoms with Crippen molar-refractivity contribution in [3.63, 3.8) is 0 Å². The minimum atomic E-state index is -0.285. The molecule has 2 heterocycles. The van der Waals surface area contributed by atoms with Crippen LogP contribution in [0.2, 0.25) is 0 Å². The fourth-order valence-electron chi connectivity index (χ4n) is 3.43. The highest BCUT2D eigenvalue weighted by Crippen LogP contribution is 2.28. The number of carbonyl (C=O) groups excluding carboxylic acids is 1. The average Bonchev–Trinajstić information content (AvgIpc) is 3.01. The second-order valence-electron chi connectivity index (χ2n) is 5.98. The van der Waals surface area contributed by atoms with Crippen LogP contribution in [-0.4, -0.2) is 49.9 Å². The number of carbonyl (C=O) groups is 1. The molecule has 6 nitrogen and oxygen atoms in total. The molecule has 0 radical (unpaired) electrons. The molecule has 0 aromatic carbocycles. The van der Waals surface area contributed by atoms with Crippen LogP contribution in [0, 0.1) is 5.92 Å². The lowest BCUT2D eigenvalue weighted by molar-refractivity contribution is -0.139. The predicted molar refractivity (Wildman–Crippen MR) is 72.8 cm³/mol. The zero-order valence-electron chi connectivity index (χ0n) is 11.7. The van der Waals surface area contributed by atoms with Crippen molar-refractivity contribution in [1.29, 1.82) is 0 Å². The molecular formula is C14H22N4O2. The molecule has 1 aliphatic carbocycles. The number of likely N-dealkylation sites (tertiary alicyclic amines) is 1. The van der Waals surface area contributed by atoms with E-state index in [1.54, 1.807) is 12.7 Å². The zero-order chi connectivity index (χ0) is 13.9. The quantitative estimate of drug-likeness (QED) is 0.876. The number of nitrogens with zero attached hydrogens (tertiary/aromatic N) is 4. The summed E-state index contributed by atoms with van der Waals surface area (Å²) in [5.74, 6) is 0.274. The van der Waals surface area contributed by atoms with Crippen molar-refractivity contribution < 1.29 is 9.90 Å². The first-order valence-electron chi connectivity index (χ1n) is 7.55. The maximum absolute atomic E-state index is 12.5. The van der Waals surface area contributed by atoms with Gasteiger partial charge >= 0.3 is 0 Å². The molecule has 1 amide bonds. The van der Waals surface area contributed by atoms with Gasteiger partial charge in [-0.05, 0) is 32.1 Å². The monoisotopic (exact) mass is 278 g/mol. The Morgan fingerprint density at radius 2 is 1.80 bits per heavy atom. The lowest BCUT2D eigenvalue weighted by atomic mass is 9.86. The fraction of sp³-hybridized carbons (Fsp3) is 0.786. The molecule has 2 aliphatic rings. The molecule has 2 fully saturated rings. The number of aliphatic hydroxyl groups is 1. The third kappa shape index (κ3) is 2.85. The Morgan fingerprint density at radius 3 is 2.45 bits per heavy atom. The molecule has 2 atom stereocenters. The smallest absolute Gasteiger partial charge is 0.225 e. The summed E-state index contributed by atoms with van der Waals surface area (Å²) >= 11 is 0. The number of rotatable bonds is 2. The number of hydrogen-bond acceptors (Lipinski definition) is 4. The van der Waals surface area contributed by atoms with Gasteiger partial charge in [-0.1, -0.05) is 6.42 Å². The molecule has 1 saturated carbocycles. The van der Waals surface area contributed by atoms with Gasteiger partial charge in [-0.25, -0.2) is 0 Å². The number of aliphatic hydroxyl groups excluding tert-OH is 1. The highest BCUT2D eigenvalue weighted by atomic mass is 16.3. The molecule has 1 aliphatic heterocycles. The minimum absolute atomic E-state index is 0.0326. The van der Waals surface area contributed by atoms with Gasteiger partial charge in [0.2, 0.25) is 5.91 Å². The van der Waals surface area contributed by atoms with Crippen LogP contribution < -0.4 is 0 Å². The summed E-state index contributed by atoms with van der Waals surface area (Å²) in [6, 6.07) is 0.408. The third-order valence-corrected chi connectivity index (χ3v) is 4.63. The molecule has 1 aromatic rings. The maximum atomic E-state index is 12.5. The van der Waals surface area contributed by atoms with Crippen molar-refractivity contribution in [2.24, 2.45) is 5.92 Å². The van der Waals surface area contributed by atoms with Crippen molar-refractivity contribution in [1.82, 2.24) is 19.7 Å². The Morgan fingerprint density at radius 1 is 1.10 bits per heavy atom. The van der Waals surface area contributed by atoms with Crippen LogP contribution in [0.1, 0.15) is 44.6 Å². The molecule has 0 unspecified atom stereocenters. The first-order valence-corrected chi connectivity index (χ1v) is 7.55. The summed E-state index contributed by atoms with van der Waals surface area (Å²) in [6.45, 7) is 1.60. The molecule has 20 heavy (non-hydrogen) atoms. The molecule has 6 heteroatoms. The van der Waals surface area contributed by atoms with Gasteiger partial charge in [-0.15, -0.1) is 10.2 Å². The molecule has 3 rings (SSSR count). The van der Waals surface area contributed by atoms with E-state index < -0.39 is 0 Å². The Bertz CT molecular complexity index is 440. The summed E-state index contributed by atoms with van der Waals surface area (Å²) in [5, 5.41) is 17.4. The summed E-state index contributed by atoms with van der Waals surface area (Å²) in [4.78, 5) is 14.5. The summed E-state index contributed by atoms with van der Waals surface area (Å²) in [5.41, 5.74) is 0. The normalized spacial score (nSPS) is 28.6. The van der Waals surface area contributed by atoms with Crippen molar-refractivity contribution in [3.05, 3.63) is 12.7 Å². The largest absolute Gasteiger partial charge is 0.393 e. The second-order valence-corrected chi connectivity index (χ2v) is 5.98. The van der Waals surface area contributed by atoms with Crippen LogP contribution in [0.15, 0.2) is 12.7 Å². The van der Waals surface area contributed by atoms with Gasteiger partial charge in [0.05, 0.1) is 6.10 Å². The van der Waals surface area contributed by atoms with E-state index in [-0.39, 0.29) is 17.9 Å². The van der Waals surface area contributed by atoms with Crippen LogP contribution >= 0.6 is 0 Å². The maximum Gasteiger partial charge on any atom is 0.225 e. The Balaban J connectivity index is 1.53. The van der Waals surface area contributed by atoms with E-state index in [9.17, 15) is 9.90 Å². The molecule has 1 aromatic heterocycles. The minimum Gasteiger partial charge on any atom is -0.393 e. The Labute approximate surface area is 118 Å². The van der Waals surface area contributed by atoms with Crippen molar-refractivity contribution in [2.75, 3.05) is 13.1 Å². The van der Waals surface area contributed by atoms with E-state index in [2.05, 4.69) is 10.2 Å². The summed E-state index contributed by atoms with van der Waals surface area (Å²) in [7, 11) is 0. The molecule has 0 bridgehead atoms. The van der Waals surface area contributed by atoms with Crippen LogP contribution in [0.3, 0.4) is 0 Å². The van der Waals surface area contributed by atoms with Gasteiger partial charge in [-0.2, -0.15) is 0 Å². The lowest BCUT2D eigenvalue weighted by Crippen LogP contribution is -2.43. The standard InChI is InChI=1S/C14H22N4O2/c19-13-3-1-2-11(8-13)14(20)17-6-4-12(5-7-17)18-9-15-16-10-18/h9-13,19H,1-8H2/t11-,13-/m0/s1. The number of piperidine rings is 1. The van der Waals surface area contributed by atoms with Gasteiger partial charge in [0.25, 0.3) is 0 Å². The number of hydrogen-bond donors (Lipinski definition) is 1. The van der Waals surface area contributed by atoms with E-state index in [1.807, 2.05) is 9.47 Å². The zero-order valence-corrected chi connectivity index (χ0v) is 11.7. The SMILES string of the molecule is O=C([C@H]1CCC[C@H](O)C1)N1CCC(n2cnnc2)CC1. The van der Waals surface area contributed by atoms with Crippen molar-refractivity contribution in [3.8, 4) is 0 Å². The molecule has 1 saturated heterocycles. The van der Waals surface area contributed by atoms with Gasteiger partial charge in [0.15, 0.2) is 0 Å². The van der Waals surface area contributed by atoms with E-state index in [4.69, 9.17) is 0 Å². The third-order valence-electron chi connectivity index (χ3n) is 4.63. The number of amides is 1. The lowest BCUT2D eigenvalue weighted by Gasteiger charge is -2.36. The van der Waals surface area contributed by atoms with Gasteiger partial charge in [0.1, 0.15) is 12.7 Å². The van der Waals surface area contributed by atoms with E-state index in [1.165, 1.54) is 0 Å². The van der Waals surface area contributed by atoms with E-state index >= 15 is 0 Å². The van der Waals surface area contributed by atoms with Gasteiger partial charge < -0.3 is 14.6 Å². The molecule has 110 valence electrons. The van der Waals surface area contributed by atoms with Crippen LogP contribution in [-0.2, 0) is 4.79 Å². The summed E-state index contributed by atoms with van der Waals surface area (Å²) < 4.78 is 2.03. The Kier molecular flexibility index (Phi) is 4.00. The van der Waals surface area contributed by atoms with Crippen LogP contribution in [0.4, 0.5) is 0 Å². The van der Waals surface area contributed by atoms with Gasteiger partial charge in [0, 0.05) is 25.0 Å². The summed E-state index contributed by atoms with van der Waals surface area (Å²) in [6.07, 6.45) is 8.52. The van der Waals surface area contributed by atoms with Crippen molar-refractivity contribution >= 4 is 5.91 Å². The van der Waals surface area contributed by atoms with Crippen LogP contribution in [0.25, 0.3) is 0 Å². The fourth-order valence-corrected chi connectivity index (χ4v) is 3.43. The highest BCUT2D eigenvalue weighted by molar-refractivity contribution is 5.79. The second kappa shape index (κ2) is 5.91. The topological polar surface area (TPSA) is 71.2 Å². The van der Waals surface area contributed by atoms with Crippen LogP contribution in [0.5, 0.6) is 0 Å². The Hall–Kier alpha value is -1.43. The molecule has 0 spiro atoms. The molecule has 1 N–H and O–H groups in total. The first-order chi connectivity index (χ1) is 9.74. The van der Waals surface area contributed by atoms with Gasteiger partial charge in [-0.3, -0.25) is 4.79 Å². The molecular weight excluding hydrogens is 256 g/mol. The predicted octanol–water partition coefficient (Wildman–Crippen LogP) is 0.993. The van der Waals surface area contributed by atoms with E-state index in [0.717, 1.165) is 45.2 Å². The first kappa shape index (κ1) is 13.5. The van der Waals surface area contributed by atoms with E-state index in [0.29, 0.717) is 12.5 Å².